The van der Waals surface area contributed by atoms with Crippen molar-refractivity contribution in [2.75, 3.05) is 23.0 Å². The van der Waals surface area contributed by atoms with Gasteiger partial charge < -0.3 is 9.47 Å². The molecule has 1 amide bonds. The number of fused-ring (bicyclic) bond motifs is 1. The summed E-state index contributed by atoms with van der Waals surface area (Å²) in [6, 6.07) is 15.6. The van der Waals surface area contributed by atoms with Crippen LogP contribution in [-0.2, 0) is 11.3 Å². The lowest BCUT2D eigenvalue weighted by Gasteiger charge is -2.28. The fourth-order valence-electron chi connectivity index (χ4n) is 3.15. The summed E-state index contributed by atoms with van der Waals surface area (Å²) in [5, 5.41) is 10.0. The predicted molar refractivity (Wildman–Crippen MR) is 116 cm³/mol. The van der Waals surface area contributed by atoms with Gasteiger partial charge in [0.25, 0.3) is 0 Å². The standard InChI is InChI=1S/C20H19ClN4OS2/c1-2-24-19(14-6-5-7-15(21)12-14)22-23-20(24)28-13-18(26)25-10-11-27-17-9-4-3-8-16(17)25/h3-9,12H,2,10-11,13H2,1H3. The summed E-state index contributed by atoms with van der Waals surface area (Å²) >= 11 is 9.33. The van der Waals surface area contributed by atoms with Gasteiger partial charge in [-0.25, -0.2) is 0 Å². The average Bonchev–Trinajstić information content (AvgIpc) is 3.14. The fraction of sp³-hybridized carbons (Fsp3) is 0.250. The number of hydrogen-bond acceptors (Lipinski definition) is 5. The van der Waals surface area contributed by atoms with E-state index < -0.39 is 0 Å². The van der Waals surface area contributed by atoms with Crippen molar-refractivity contribution in [2.24, 2.45) is 0 Å². The quantitative estimate of drug-likeness (QED) is 0.541. The normalized spacial score (nSPS) is 13.4. The Balaban J connectivity index is 1.51. The lowest BCUT2D eigenvalue weighted by atomic mass is 10.2. The van der Waals surface area contributed by atoms with Crippen LogP contribution >= 0.6 is 35.1 Å². The van der Waals surface area contributed by atoms with E-state index in [4.69, 9.17) is 11.6 Å². The Morgan fingerprint density at radius 2 is 2.07 bits per heavy atom. The third-order valence-corrected chi connectivity index (χ3v) is 6.70. The highest BCUT2D eigenvalue weighted by Crippen LogP contribution is 2.35. The number of para-hydroxylation sites is 1. The van der Waals surface area contributed by atoms with E-state index in [1.165, 1.54) is 11.8 Å². The molecule has 1 aliphatic rings. The highest BCUT2D eigenvalue weighted by molar-refractivity contribution is 8.00. The number of aromatic nitrogens is 3. The first-order chi connectivity index (χ1) is 13.7. The lowest BCUT2D eigenvalue weighted by Crippen LogP contribution is -2.36. The highest BCUT2D eigenvalue weighted by Gasteiger charge is 2.23. The van der Waals surface area contributed by atoms with E-state index in [1.54, 1.807) is 11.8 Å². The Morgan fingerprint density at radius 3 is 2.89 bits per heavy atom. The van der Waals surface area contributed by atoms with E-state index in [0.717, 1.165) is 39.4 Å². The molecule has 2 heterocycles. The van der Waals surface area contributed by atoms with Gasteiger partial charge in [-0.15, -0.1) is 22.0 Å². The summed E-state index contributed by atoms with van der Waals surface area (Å²) in [5.41, 5.74) is 1.92. The number of rotatable bonds is 5. The number of anilines is 1. The topological polar surface area (TPSA) is 51.0 Å². The maximum atomic E-state index is 12.9. The minimum Gasteiger partial charge on any atom is -0.310 e. The molecule has 0 saturated carbocycles. The Kier molecular flexibility index (Phi) is 5.94. The molecule has 3 aromatic rings. The molecule has 0 aliphatic carbocycles. The van der Waals surface area contributed by atoms with Crippen molar-refractivity contribution >= 4 is 46.7 Å². The number of carbonyl (C=O) groups is 1. The van der Waals surface area contributed by atoms with Gasteiger partial charge in [0.15, 0.2) is 11.0 Å². The number of benzene rings is 2. The third kappa shape index (κ3) is 3.92. The molecule has 4 rings (SSSR count). The van der Waals surface area contributed by atoms with E-state index in [2.05, 4.69) is 16.3 Å². The highest BCUT2D eigenvalue weighted by atomic mass is 35.5. The Bertz CT molecular complexity index is 1010. The van der Waals surface area contributed by atoms with Crippen LogP contribution in [0, 0.1) is 0 Å². The largest absolute Gasteiger partial charge is 0.310 e. The number of hydrogen-bond donors (Lipinski definition) is 0. The molecule has 1 aromatic heterocycles. The van der Waals surface area contributed by atoms with Crippen LogP contribution in [-0.4, -0.2) is 38.7 Å². The number of amides is 1. The van der Waals surface area contributed by atoms with Crippen LogP contribution in [0.3, 0.4) is 0 Å². The monoisotopic (exact) mass is 430 g/mol. The molecule has 0 unspecified atom stereocenters. The molecule has 1 aliphatic heterocycles. The van der Waals surface area contributed by atoms with Crippen LogP contribution in [0.25, 0.3) is 11.4 Å². The first-order valence-corrected chi connectivity index (χ1v) is 11.4. The van der Waals surface area contributed by atoms with Gasteiger partial charge in [0, 0.05) is 34.3 Å². The number of halogens is 1. The fourth-order valence-corrected chi connectivity index (χ4v) is 5.22. The molecule has 0 atom stereocenters. The Hall–Kier alpha value is -1.96. The van der Waals surface area contributed by atoms with Crippen molar-refractivity contribution in [3.05, 3.63) is 53.6 Å². The molecule has 0 saturated heterocycles. The smallest absolute Gasteiger partial charge is 0.237 e. The lowest BCUT2D eigenvalue weighted by molar-refractivity contribution is -0.116. The van der Waals surface area contributed by atoms with Gasteiger partial charge in [0.1, 0.15) is 0 Å². The molecule has 0 fully saturated rings. The summed E-state index contributed by atoms with van der Waals surface area (Å²) in [5.74, 6) is 2.09. The number of nitrogens with zero attached hydrogens (tertiary/aromatic N) is 4. The van der Waals surface area contributed by atoms with E-state index in [1.807, 2.05) is 58.9 Å². The van der Waals surface area contributed by atoms with Crippen molar-refractivity contribution in [3.8, 4) is 11.4 Å². The van der Waals surface area contributed by atoms with Gasteiger partial charge in [0.05, 0.1) is 11.4 Å². The predicted octanol–water partition coefficient (Wildman–Crippen LogP) is 4.85. The second-order valence-electron chi connectivity index (χ2n) is 6.21. The average molecular weight is 431 g/mol. The van der Waals surface area contributed by atoms with Gasteiger partial charge in [-0.05, 0) is 31.2 Å². The molecule has 28 heavy (non-hydrogen) atoms. The van der Waals surface area contributed by atoms with Crippen LogP contribution in [0.5, 0.6) is 0 Å². The number of thioether (sulfide) groups is 2. The summed E-state index contributed by atoms with van der Waals surface area (Å²) in [4.78, 5) is 15.9. The van der Waals surface area contributed by atoms with Gasteiger partial charge in [-0.2, -0.15) is 0 Å². The minimum atomic E-state index is 0.0905. The first kappa shape index (κ1) is 19.4. The molecule has 0 radical (unpaired) electrons. The van der Waals surface area contributed by atoms with Crippen LogP contribution in [0.15, 0.2) is 58.6 Å². The van der Waals surface area contributed by atoms with Crippen LogP contribution < -0.4 is 4.90 Å². The second-order valence-corrected chi connectivity index (χ2v) is 8.73. The summed E-state index contributed by atoms with van der Waals surface area (Å²) in [6.07, 6.45) is 0. The molecule has 0 N–H and O–H groups in total. The zero-order valence-electron chi connectivity index (χ0n) is 15.3. The van der Waals surface area contributed by atoms with Crippen LogP contribution in [0.2, 0.25) is 5.02 Å². The van der Waals surface area contributed by atoms with Gasteiger partial charge in [-0.3, -0.25) is 4.79 Å². The van der Waals surface area contributed by atoms with Gasteiger partial charge in [0.2, 0.25) is 5.91 Å². The molecule has 144 valence electrons. The van der Waals surface area contributed by atoms with E-state index in [-0.39, 0.29) is 5.91 Å². The van der Waals surface area contributed by atoms with Crippen molar-refractivity contribution in [1.29, 1.82) is 0 Å². The summed E-state index contributed by atoms with van der Waals surface area (Å²) < 4.78 is 2.02. The number of carbonyl (C=O) groups excluding carboxylic acids is 1. The van der Waals surface area contributed by atoms with Gasteiger partial charge in [-0.1, -0.05) is 47.6 Å². The Morgan fingerprint density at radius 1 is 1.21 bits per heavy atom. The maximum Gasteiger partial charge on any atom is 0.237 e. The van der Waals surface area contributed by atoms with E-state index in [0.29, 0.717) is 17.3 Å². The van der Waals surface area contributed by atoms with Crippen molar-refractivity contribution < 1.29 is 4.79 Å². The maximum absolute atomic E-state index is 12.9. The molecule has 0 bridgehead atoms. The minimum absolute atomic E-state index is 0.0905. The Labute approximate surface area is 177 Å². The van der Waals surface area contributed by atoms with Gasteiger partial charge >= 0.3 is 0 Å². The molecular weight excluding hydrogens is 412 g/mol. The zero-order valence-corrected chi connectivity index (χ0v) is 17.7. The SMILES string of the molecule is CCn1c(SCC(=O)N2CCSc3ccccc32)nnc1-c1cccc(Cl)c1. The third-order valence-electron chi connectivity index (χ3n) is 4.47. The van der Waals surface area contributed by atoms with Crippen molar-refractivity contribution in [3.63, 3.8) is 0 Å². The second kappa shape index (κ2) is 8.59. The van der Waals surface area contributed by atoms with E-state index in [9.17, 15) is 4.79 Å². The molecular formula is C20H19ClN4OS2. The summed E-state index contributed by atoms with van der Waals surface area (Å²) in [7, 11) is 0. The molecule has 8 heteroatoms. The molecule has 2 aromatic carbocycles. The van der Waals surface area contributed by atoms with Crippen LogP contribution in [0.1, 0.15) is 6.92 Å². The van der Waals surface area contributed by atoms with Crippen LogP contribution in [0.4, 0.5) is 5.69 Å². The van der Waals surface area contributed by atoms with Crippen molar-refractivity contribution in [1.82, 2.24) is 14.8 Å². The molecule has 0 spiro atoms. The zero-order chi connectivity index (χ0) is 19.5. The first-order valence-electron chi connectivity index (χ1n) is 9.01. The molecule has 5 nitrogen and oxygen atoms in total. The summed E-state index contributed by atoms with van der Waals surface area (Å²) in [6.45, 7) is 3.49. The van der Waals surface area contributed by atoms with Crippen molar-refractivity contribution in [2.45, 2.75) is 23.5 Å². The van der Waals surface area contributed by atoms with E-state index >= 15 is 0 Å².